The number of rotatable bonds is 14. The van der Waals surface area contributed by atoms with Gasteiger partial charge in [0.15, 0.2) is 11.5 Å². The third kappa shape index (κ3) is 9.65. The molecule has 39 heavy (non-hydrogen) atoms. The number of methoxy groups -OCH3 is 2. The Morgan fingerprint density at radius 2 is 1.67 bits per heavy atom. The number of benzene rings is 3. The Hall–Kier alpha value is -4.04. The third-order valence-corrected chi connectivity index (χ3v) is 6.95. The van der Waals surface area contributed by atoms with Crippen molar-refractivity contribution in [2.24, 2.45) is 0 Å². The minimum absolute atomic E-state index is 0.0386. The number of esters is 1. The second-order valence-electron chi connectivity index (χ2n) is 8.72. The van der Waals surface area contributed by atoms with Crippen molar-refractivity contribution >= 4 is 28.2 Å². The molecule has 0 aliphatic carbocycles. The fourth-order valence-corrected chi connectivity index (χ4v) is 4.75. The molecule has 8 heteroatoms. The average Bonchev–Trinajstić information content (AvgIpc) is 2.95. The van der Waals surface area contributed by atoms with E-state index in [2.05, 4.69) is 4.74 Å². The first-order valence-corrected chi connectivity index (χ1v) is 14.2. The monoisotopic (exact) mass is 550 g/mol. The summed E-state index contributed by atoms with van der Waals surface area (Å²) in [5.74, 6) is 0.725. The lowest BCUT2D eigenvalue weighted by Gasteiger charge is -2.12. The molecule has 0 fully saturated rings. The Labute approximate surface area is 230 Å². The zero-order chi connectivity index (χ0) is 28.1. The molecule has 0 unspecified atom stereocenters. The molecule has 0 spiro atoms. The van der Waals surface area contributed by atoms with Gasteiger partial charge in [-0.1, -0.05) is 74.0 Å². The average molecular weight is 551 g/mol. The number of allylic oxidation sites excluding steroid dienone is 1. The van der Waals surface area contributed by atoms with Crippen LogP contribution >= 0.6 is 0 Å². The summed E-state index contributed by atoms with van der Waals surface area (Å²) in [6.07, 6.45) is 8.85. The summed E-state index contributed by atoms with van der Waals surface area (Å²) in [5, 5.41) is 0. The third-order valence-electron chi connectivity index (χ3n) is 5.73. The second kappa shape index (κ2) is 14.8. The lowest BCUT2D eigenvalue weighted by Crippen LogP contribution is -2.14. The van der Waals surface area contributed by atoms with Gasteiger partial charge in [-0.3, -0.25) is 0 Å². The van der Waals surface area contributed by atoms with E-state index in [0.29, 0.717) is 30.9 Å². The van der Waals surface area contributed by atoms with Crippen molar-refractivity contribution in [3.8, 4) is 17.2 Å². The van der Waals surface area contributed by atoms with Crippen LogP contribution in [-0.2, 0) is 32.7 Å². The zero-order valence-corrected chi connectivity index (χ0v) is 23.3. The van der Waals surface area contributed by atoms with Gasteiger partial charge in [0.05, 0.1) is 20.0 Å². The molecule has 0 N–H and O–H groups in total. The van der Waals surface area contributed by atoms with Gasteiger partial charge in [-0.2, -0.15) is 8.42 Å². The Kier molecular flexibility index (Phi) is 11.2. The van der Waals surface area contributed by atoms with E-state index in [-0.39, 0.29) is 11.5 Å². The van der Waals surface area contributed by atoms with E-state index in [1.165, 1.54) is 20.3 Å². The molecule has 0 bridgehead atoms. The molecule has 3 rings (SSSR count). The quantitative estimate of drug-likeness (QED) is 0.134. The lowest BCUT2D eigenvalue weighted by atomic mass is 10.1. The van der Waals surface area contributed by atoms with Crippen molar-refractivity contribution in [2.45, 2.75) is 32.8 Å². The van der Waals surface area contributed by atoms with Gasteiger partial charge < -0.3 is 18.4 Å². The molecule has 0 aromatic heterocycles. The van der Waals surface area contributed by atoms with Crippen molar-refractivity contribution in [1.29, 1.82) is 0 Å². The number of hydrogen-bond donors (Lipinski definition) is 0. The summed E-state index contributed by atoms with van der Waals surface area (Å²) in [6, 6.07) is 20.7. The van der Waals surface area contributed by atoms with Crippen LogP contribution in [0.15, 0.2) is 78.9 Å². The smallest absolute Gasteiger partial charge is 0.330 e. The molecule has 0 atom stereocenters. The normalized spacial score (nSPS) is 11.6. The van der Waals surface area contributed by atoms with E-state index < -0.39 is 16.1 Å². The maximum absolute atomic E-state index is 12.2. The van der Waals surface area contributed by atoms with Crippen LogP contribution in [0.1, 0.15) is 42.0 Å². The first-order valence-electron chi connectivity index (χ1n) is 12.7. The summed E-state index contributed by atoms with van der Waals surface area (Å²) in [5.41, 5.74) is 3.63. The number of carbonyl (C=O) groups excluding carboxylic acids is 1. The Morgan fingerprint density at radius 1 is 0.872 bits per heavy atom. The van der Waals surface area contributed by atoms with Crippen LogP contribution in [0.25, 0.3) is 12.2 Å². The first kappa shape index (κ1) is 29.5. The Balaban J connectivity index is 1.77. The van der Waals surface area contributed by atoms with Crippen molar-refractivity contribution in [2.75, 3.05) is 20.0 Å². The van der Waals surface area contributed by atoms with E-state index in [1.54, 1.807) is 18.2 Å². The van der Waals surface area contributed by atoms with Crippen LogP contribution in [0, 0.1) is 0 Å². The zero-order valence-electron chi connectivity index (χ0n) is 22.5. The summed E-state index contributed by atoms with van der Waals surface area (Å²) in [4.78, 5) is 11.5. The minimum atomic E-state index is -3.68. The van der Waals surface area contributed by atoms with Crippen LogP contribution in [-0.4, -0.2) is 34.4 Å². The molecule has 0 heterocycles. The van der Waals surface area contributed by atoms with Gasteiger partial charge in [0.2, 0.25) is 0 Å². The van der Waals surface area contributed by atoms with E-state index in [9.17, 15) is 13.2 Å². The van der Waals surface area contributed by atoms with Gasteiger partial charge in [-0.05, 0) is 53.8 Å². The van der Waals surface area contributed by atoms with Crippen LogP contribution in [0.2, 0.25) is 0 Å². The highest BCUT2D eigenvalue weighted by Gasteiger charge is 2.16. The molecule has 3 aromatic rings. The van der Waals surface area contributed by atoms with Crippen molar-refractivity contribution in [3.05, 3.63) is 101 Å². The number of hydrogen-bond acceptors (Lipinski definition) is 7. The van der Waals surface area contributed by atoms with Gasteiger partial charge in [-0.25, -0.2) is 4.79 Å². The molecule has 3 aromatic carbocycles. The molecule has 0 amide bonds. The van der Waals surface area contributed by atoms with Crippen LogP contribution in [0.5, 0.6) is 17.2 Å². The van der Waals surface area contributed by atoms with E-state index in [4.69, 9.17) is 13.7 Å². The molecule has 0 aliphatic heterocycles. The molecular weight excluding hydrogens is 516 g/mol. The number of ether oxygens (including phenoxy) is 3. The van der Waals surface area contributed by atoms with Crippen molar-refractivity contribution in [1.82, 2.24) is 0 Å². The molecule has 206 valence electrons. The number of unbranched alkanes of at least 4 members (excludes halogenated alkanes) is 1. The van der Waals surface area contributed by atoms with Crippen LogP contribution in [0.4, 0.5) is 0 Å². The highest BCUT2D eigenvalue weighted by atomic mass is 32.2. The van der Waals surface area contributed by atoms with E-state index in [1.807, 2.05) is 73.7 Å². The molecule has 0 aliphatic rings. The topological polar surface area (TPSA) is 88.1 Å². The largest absolute Gasteiger partial charge is 0.493 e. The van der Waals surface area contributed by atoms with Gasteiger partial charge in [-0.15, -0.1) is 0 Å². The summed E-state index contributed by atoms with van der Waals surface area (Å²) < 4.78 is 45.9. The van der Waals surface area contributed by atoms with Gasteiger partial charge in [0.25, 0.3) is 0 Å². The minimum Gasteiger partial charge on any atom is -0.493 e. The molecule has 0 radical (unpaired) electrons. The molecule has 0 saturated carbocycles. The molecular formula is C31H34O7S. The first-order chi connectivity index (χ1) is 18.8. The SMILES string of the molecule is CCCCS(=O)(=O)Oc1ccc(C/C=C/c2ccc(/C=C/C(=O)OC)cc2OCc2ccccc2)cc1OC. The fourth-order valence-electron chi connectivity index (χ4n) is 3.61. The van der Waals surface area contributed by atoms with Crippen molar-refractivity contribution < 1.29 is 31.6 Å². The highest BCUT2D eigenvalue weighted by molar-refractivity contribution is 7.87. The predicted octanol–water partition coefficient (Wildman–Crippen LogP) is 6.23. The Bertz CT molecular complexity index is 1390. The van der Waals surface area contributed by atoms with Crippen LogP contribution in [0.3, 0.4) is 0 Å². The maximum Gasteiger partial charge on any atom is 0.330 e. The molecule has 0 saturated heterocycles. The lowest BCUT2D eigenvalue weighted by molar-refractivity contribution is -0.134. The second-order valence-corrected chi connectivity index (χ2v) is 10.4. The standard InChI is InChI=1S/C31H34O7S/c1-4-5-20-39(33,34)38-28-18-15-24(22-30(28)35-2)12-9-13-27-17-14-25(16-19-31(32)36-3)21-29(27)37-23-26-10-7-6-8-11-26/h6-11,13-19,21-22H,4-5,12,20,23H2,1-3H3/b13-9+,19-16+. The summed E-state index contributed by atoms with van der Waals surface area (Å²) >= 11 is 0. The Morgan fingerprint density at radius 3 is 2.38 bits per heavy atom. The summed E-state index contributed by atoms with van der Waals surface area (Å²) in [6.45, 7) is 2.32. The molecule has 7 nitrogen and oxygen atoms in total. The van der Waals surface area contributed by atoms with E-state index >= 15 is 0 Å². The predicted molar refractivity (Wildman–Crippen MR) is 153 cm³/mol. The maximum atomic E-state index is 12.2. The van der Waals surface area contributed by atoms with E-state index in [0.717, 1.165) is 28.7 Å². The van der Waals surface area contributed by atoms with Gasteiger partial charge in [0.1, 0.15) is 12.4 Å². The van der Waals surface area contributed by atoms with Crippen LogP contribution < -0.4 is 13.7 Å². The van der Waals surface area contributed by atoms with Gasteiger partial charge in [0, 0.05) is 11.6 Å². The summed E-state index contributed by atoms with van der Waals surface area (Å²) in [7, 11) is -0.865. The number of carbonyl (C=O) groups is 1. The van der Waals surface area contributed by atoms with Gasteiger partial charge >= 0.3 is 16.1 Å². The fraction of sp³-hybridized carbons (Fsp3) is 0.258. The van der Waals surface area contributed by atoms with Crippen molar-refractivity contribution in [3.63, 3.8) is 0 Å². The highest BCUT2D eigenvalue weighted by Crippen LogP contribution is 2.30.